The smallest absolute Gasteiger partial charge is 0.213 e. The van der Waals surface area contributed by atoms with E-state index in [4.69, 9.17) is 9.15 Å². The molecule has 1 unspecified atom stereocenters. The van der Waals surface area contributed by atoms with Gasteiger partial charge >= 0.3 is 0 Å². The van der Waals surface area contributed by atoms with Gasteiger partial charge in [-0.25, -0.2) is 4.98 Å². The number of anilines is 1. The first-order valence-electron chi connectivity index (χ1n) is 5.68. The van der Waals surface area contributed by atoms with Gasteiger partial charge in [0.1, 0.15) is 5.76 Å². The molecule has 0 saturated heterocycles. The van der Waals surface area contributed by atoms with Crippen molar-refractivity contribution in [1.82, 2.24) is 4.98 Å². The van der Waals surface area contributed by atoms with Gasteiger partial charge in [-0.05, 0) is 32.0 Å². The van der Waals surface area contributed by atoms with Crippen LogP contribution in [-0.4, -0.2) is 11.6 Å². The minimum absolute atomic E-state index is 0.116. The maximum atomic E-state index is 5.32. The van der Waals surface area contributed by atoms with Crippen LogP contribution in [0.5, 0.6) is 5.88 Å². The van der Waals surface area contributed by atoms with Crippen LogP contribution in [0, 0.1) is 0 Å². The maximum Gasteiger partial charge on any atom is 0.213 e. The van der Waals surface area contributed by atoms with Crippen molar-refractivity contribution >= 4 is 5.69 Å². The lowest BCUT2D eigenvalue weighted by molar-refractivity contribution is 0.327. The Balaban J connectivity index is 1.99. The number of rotatable bonds is 5. The highest BCUT2D eigenvalue weighted by molar-refractivity contribution is 5.43. The lowest BCUT2D eigenvalue weighted by atomic mass is 10.2. The summed E-state index contributed by atoms with van der Waals surface area (Å²) in [5.74, 6) is 1.54. The van der Waals surface area contributed by atoms with Crippen LogP contribution in [0.15, 0.2) is 41.1 Å². The Bertz CT molecular complexity index is 437. The maximum absolute atomic E-state index is 5.32. The molecule has 17 heavy (non-hydrogen) atoms. The summed E-state index contributed by atoms with van der Waals surface area (Å²) >= 11 is 0. The molecular weight excluding hydrogens is 216 g/mol. The molecule has 2 aromatic heterocycles. The third-order valence-corrected chi connectivity index (χ3v) is 2.38. The van der Waals surface area contributed by atoms with Crippen LogP contribution in [0.2, 0.25) is 0 Å². The van der Waals surface area contributed by atoms with E-state index in [1.165, 1.54) is 0 Å². The number of ether oxygens (including phenoxy) is 1. The van der Waals surface area contributed by atoms with Crippen molar-refractivity contribution in [3.05, 3.63) is 42.5 Å². The zero-order chi connectivity index (χ0) is 12.1. The van der Waals surface area contributed by atoms with E-state index in [0.717, 1.165) is 11.4 Å². The molecule has 90 valence electrons. The molecule has 2 rings (SSSR count). The van der Waals surface area contributed by atoms with E-state index < -0.39 is 0 Å². The van der Waals surface area contributed by atoms with Crippen LogP contribution in [0.1, 0.15) is 25.6 Å². The van der Waals surface area contributed by atoms with E-state index in [9.17, 15) is 0 Å². The summed E-state index contributed by atoms with van der Waals surface area (Å²) in [7, 11) is 0. The van der Waals surface area contributed by atoms with Gasteiger partial charge in [0.05, 0.1) is 30.8 Å². The van der Waals surface area contributed by atoms with Crippen LogP contribution in [0.3, 0.4) is 0 Å². The van der Waals surface area contributed by atoms with Gasteiger partial charge < -0.3 is 14.5 Å². The van der Waals surface area contributed by atoms with Gasteiger partial charge in [-0.1, -0.05) is 0 Å². The number of nitrogens with one attached hydrogen (secondary N) is 1. The van der Waals surface area contributed by atoms with Crippen LogP contribution < -0.4 is 10.1 Å². The van der Waals surface area contributed by atoms with Crippen LogP contribution in [0.4, 0.5) is 5.69 Å². The zero-order valence-electron chi connectivity index (χ0n) is 10.0. The molecule has 1 N–H and O–H groups in total. The van der Waals surface area contributed by atoms with Gasteiger partial charge in [0, 0.05) is 6.07 Å². The van der Waals surface area contributed by atoms with Crippen molar-refractivity contribution in [2.75, 3.05) is 11.9 Å². The minimum Gasteiger partial charge on any atom is -0.478 e. The van der Waals surface area contributed by atoms with Crippen molar-refractivity contribution in [3.63, 3.8) is 0 Å². The largest absolute Gasteiger partial charge is 0.478 e. The highest BCUT2D eigenvalue weighted by Crippen LogP contribution is 2.20. The topological polar surface area (TPSA) is 47.3 Å². The van der Waals surface area contributed by atoms with Gasteiger partial charge in [0.25, 0.3) is 0 Å². The van der Waals surface area contributed by atoms with Gasteiger partial charge in [-0.15, -0.1) is 0 Å². The second-order valence-electron chi connectivity index (χ2n) is 3.70. The van der Waals surface area contributed by atoms with Gasteiger partial charge in [-0.3, -0.25) is 0 Å². The molecule has 0 amide bonds. The molecule has 2 heterocycles. The number of aromatic nitrogens is 1. The highest BCUT2D eigenvalue weighted by Gasteiger charge is 2.07. The third kappa shape index (κ3) is 3.00. The van der Waals surface area contributed by atoms with Gasteiger partial charge in [-0.2, -0.15) is 0 Å². The molecule has 4 nitrogen and oxygen atoms in total. The summed E-state index contributed by atoms with van der Waals surface area (Å²) in [6.07, 6.45) is 3.42. The van der Waals surface area contributed by atoms with E-state index in [-0.39, 0.29) is 6.04 Å². The van der Waals surface area contributed by atoms with E-state index >= 15 is 0 Å². The van der Waals surface area contributed by atoms with Crippen LogP contribution in [-0.2, 0) is 0 Å². The number of pyridine rings is 1. The summed E-state index contributed by atoms with van der Waals surface area (Å²) in [5.41, 5.74) is 0.942. The molecule has 0 saturated carbocycles. The summed E-state index contributed by atoms with van der Waals surface area (Å²) in [6, 6.07) is 7.73. The standard InChI is InChI=1S/C13H16N2O2/c1-3-16-13-7-6-11(9-14-13)15-10(2)12-5-4-8-17-12/h4-10,15H,3H2,1-2H3. The molecular formula is C13H16N2O2. The second-order valence-corrected chi connectivity index (χ2v) is 3.70. The van der Waals surface area contributed by atoms with Crippen LogP contribution >= 0.6 is 0 Å². The predicted molar refractivity (Wildman–Crippen MR) is 66.2 cm³/mol. The molecule has 0 bridgehead atoms. The van der Waals surface area contributed by atoms with Gasteiger partial charge in [0.15, 0.2) is 0 Å². The number of hydrogen-bond donors (Lipinski definition) is 1. The zero-order valence-corrected chi connectivity index (χ0v) is 10.0. The quantitative estimate of drug-likeness (QED) is 0.859. The molecule has 0 aliphatic rings. The van der Waals surface area contributed by atoms with Crippen molar-refractivity contribution in [1.29, 1.82) is 0 Å². The molecule has 0 aliphatic heterocycles. The average Bonchev–Trinajstić information content (AvgIpc) is 2.86. The highest BCUT2D eigenvalue weighted by atomic mass is 16.5. The Morgan fingerprint density at radius 1 is 1.41 bits per heavy atom. The fraction of sp³-hybridized carbons (Fsp3) is 0.308. The monoisotopic (exact) mass is 232 g/mol. The Morgan fingerprint density at radius 2 is 2.29 bits per heavy atom. The predicted octanol–water partition coefficient (Wildman–Crippen LogP) is 3.25. The molecule has 1 atom stereocenters. The fourth-order valence-electron chi connectivity index (χ4n) is 1.56. The first kappa shape index (κ1) is 11.5. The molecule has 0 aromatic carbocycles. The Labute approximate surface area is 101 Å². The fourth-order valence-corrected chi connectivity index (χ4v) is 1.56. The van der Waals surface area contributed by atoms with E-state index in [1.54, 1.807) is 12.5 Å². The van der Waals surface area contributed by atoms with Crippen LogP contribution in [0.25, 0.3) is 0 Å². The minimum atomic E-state index is 0.116. The summed E-state index contributed by atoms with van der Waals surface area (Å²) < 4.78 is 10.6. The van der Waals surface area contributed by atoms with Gasteiger partial charge in [0.2, 0.25) is 5.88 Å². The Kier molecular flexibility index (Phi) is 3.65. The first-order valence-corrected chi connectivity index (χ1v) is 5.68. The Hall–Kier alpha value is -1.97. The lowest BCUT2D eigenvalue weighted by Crippen LogP contribution is -2.05. The normalized spacial score (nSPS) is 12.1. The van der Waals surface area contributed by atoms with E-state index in [1.807, 2.05) is 38.1 Å². The molecule has 2 aromatic rings. The average molecular weight is 232 g/mol. The van der Waals surface area contributed by atoms with Crippen molar-refractivity contribution in [2.24, 2.45) is 0 Å². The first-order chi connectivity index (χ1) is 8.29. The lowest BCUT2D eigenvalue weighted by Gasteiger charge is -2.12. The number of hydrogen-bond acceptors (Lipinski definition) is 4. The van der Waals surface area contributed by atoms with E-state index in [2.05, 4.69) is 10.3 Å². The molecule has 0 aliphatic carbocycles. The number of furan rings is 1. The molecule has 4 heteroatoms. The molecule has 0 spiro atoms. The second kappa shape index (κ2) is 5.39. The van der Waals surface area contributed by atoms with Crippen molar-refractivity contribution in [2.45, 2.75) is 19.9 Å². The van der Waals surface area contributed by atoms with Crippen molar-refractivity contribution in [3.8, 4) is 5.88 Å². The summed E-state index contributed by atoms with van der Waals surface area (Å²) in [4.78, 5) is 4.19. The van der Waals surface area contributed by atoms with E-state index in [0.29, 0.717) is 12.5 Å². The van der Waals surface area contributed by atoms with Crippen molar-refractivity contribution < 1.29 is 9.15 Å². The SMILES string of the molecule is CCOc1ccc(NC(C)c2ccco2)cn1. The molecule has 0 radical (unpaired) electrons. The summed E-state index contributed by atoms with van der Waals surface area (Å²) in [5, 5.41) is 3.30. The summed E-state index contributed by atoms with van der Waals surface area (Å²) in [6.45, 7) is 4.60. The molecule has 0 fully saturated rings. The third-order valence-electron chi connectivity index (χ3n) is 2.38. The number of nitrogens with zero attached hydrogens (tertiary/aromatic N) is 1. The Morgan fingerprint density at radius 3 is 2.88 bits per heavy atom.